The van der Waals surface area contributed by atoms with Crippen LogP contribution in [0.4, 0.5) is 0 Å². The van der Waals surface area contributed by atoms with Crippen molar-refractivity contribution in [2.45, 2.75) is 0 Å². The highest BCUT2D eigenvalue weighted by atomic mass is 16.5. The Morgan fingerprint density at radius 2 is 1.08 bits per heavy atom. The molecule has 3 aromatic rings. The van der Waals surface area contributed by atoms with Crippen molar-refractivity contribution in [2.24, 2.45) is 0 Å². The molecule has 1 aliphatic carbocycles. The van der Waals surface area contributed by atoms with E-state index in [-0.39, 0.29) is 49.6 Å². The minimum atomic E-state index is -0.326. The molecular formula is C29H27N2O6. The Bertz CT molecular complexity index is 1100. The molecule has 0 aromatic heterocycles. The van der Waals surface area contributed by atoms with E-state index in [1.807, 2.05) is 25.7 Å². The fourth-order valence-corrected chi connectivity index (χ4v) is 3.58. The lowest BCUT2D eigenvalue weighted by atomic mass is 9.93. The number of hydrogen-bond acceptors (Lipinski definition) is 6. The van der Waals surface area contributed by atoms with E-state index in [4.69, 9.17) is 9.47 Å². The molecule has 0 atom stereocenters. The maximum atomic E-state index is 12.9. The summed E-state index contributed by atoms with van der Waals surface area (Å²) in [7, 11) is 0. The second-order valence-electron chi connectivity index (χ2n) is 8.17. The van der Waals surface area contributed by atoms with Crippen molar-refractivity contribution in [3.63, 3.8) is 0 Å². The first-order valence-corrected chi connectivity index (χ1v) is 11.8. The summed E-state index contributed by atoms with van der Waals surface area (Å²) in [4.78, 5) is 25.7. The normalized spacial score (nSPS) is 13.2. The highest BCUT2D eigenvalue weighted by molar-refractivity contribution is 6.00. The SMILES string of the molecule is O=C(NCCOc1ccc(O)cc1)c1cc([C]2[CH][CH][CH][CH]2)cc(C(=O)NCCOc2ccc(O)cc2)c1. The molecule has 0 bridgehead atoms. The Balaban J connectivity index is 1.34. The van der Waals surface area contributed by atoms with Gasteiger partial charge in [0.05, 0.1) is 13.1 Å². The summed E-state index contributed by atoms with van der Waals surface area (Å²) in [5.74, 6) is 1.71. The molecule has 1 fully saturated rings. The van der Waals surface area contributed by atoms with Crippen LogP contribution in [0.25, 0.3) is 0 Å². The number of rotatable bonds is 11. The summed E-state index contributed by atoms with van der Waals surface area (Å²) in [6, 6.07) is 17.7. The molecule has 8 nitrogen and oxygen atoms in total. The van der Waals surface area contributed by atoms with Crippen LogP contribution in [0.2, 0.25) is 0 Å². The Labute approximate surface area is 216 Å². The summed E-state index contributed by atoms with van der Waals surface area (Å²) >= 11 is 0. The topological polar surface area (TPSA) is 117 Å². The number of carbonyl (C=O) groups is 2. The molecule has 8 heteroatoms. The first kappa shape index (κ1) is 25.9. The van der Waals surface area contributed by atoms with Gasteiger partial charge in [0.1, 0.15) is 36.2 Å². The third-order valence-electron chi connectivity index (χ3n) is 5.44. The zero-order valence-electron chi connectivity index (χ0n) is 20.0. The Hall–Kier alpha value is -4.20. The Morgan fingerprint density at radius 3 is 1.51 bits per heavy atom. The molecule has 0 heterocycles. The van der Waals surface area contributed by atoms with Gasteiger partial charge in [-0.1, -0.05) is 0 Å². The first-order chi connectivity index (χ1) is 18.0. The van der Waals surface area contributed by atoms with Gasteiger partial charge < -0.3 is 30.3 Å². The molecule has 1 aliphatic rings. The van der Waals surface area contributed by atoms with Crippen molar-refractivity contribution in [1.82, 2.24) is 10.6 Å². The fraction of sp³-hybridized carbons (Fsp3) is 0.138. The van der Waals surface area contributed by atoms with Gasteiger partial charge in [0.15, 0.2) is 0 Å². The molecule has 189 valence electrons. The van der Waals surface area contributed by atoms with Crippen molar-refractivity contribution in [2.75, 3.05) is 26.3 Å². The Kier molecular flexibility index (Phi) is 8.86. The second kappa shape index (κ2) is 12.7. The number of aromatic hydroxyl groups is 2. The third-order valence-corrected chi connectivity index (χ3v) is 5.44. The van der Waals surface area contributed by atoms with Crippen LogP contribution in [0.3, 0.4) is 0 Å². The van der Waals surface area contributed by atoms with Crippen LogP contribution >= 0.6 is 0 Å². The molecule has 1 saturated carbocycles. The molecule has 0 spiro atoms. The van der Waals surface area contributed by atoms with E-state index < -0.39 is 0 Å². The number of ether oxygens (including phenoxy) is 2. The number of phenols is 2. The zero-order valence-corrected chi connectivity index (χ0v) is 20.0. The molecular weight excluding hydrogens is 472 g/mol. The molecule has 4 rings (SSSR count). The summed E-state index contributed by atoms with van der Waals surface area (Å²) in [6.07, 6.45) is 7.61. The van der Waals surface area contributed by atoms with E-state index in [0.717, 1.165) is 11.5 Å². The average Bonchev–Trinajstić information content (AvgIpc) is 3.46. The minimum Gasteiger partial charge on any atom is -0.508 e. The smallest absolute Gasteiger partial charge is 0.251 e. The number of nitrogens with one attached hydrogen (secondary N) is 2. The highest BCUT2D eigenvalue weighted by Gasteiger charge is 2.22. The third kappa shape index (κ3) is 7.64. The maximum absolute atomic E-state index is 12.9. The largest absolute Gasteiger partial charge is 0.508 e. The van der Waals surface area contributed by atoms with E-state index in [0.29, 0.717) is 22.6 Å². The van der Waals surface area contributed by atoms with Crippen molar-refractivity contribution in [3.05, 3.63) is 115 Å². The van der Waals surface area contributed by atoms with Crippen LogP contribution in [-0.4, -0.2) is 48.3 Å². The molecule has 3 aromatic carbocycles. The van der Waals surface area contributed by atoms with Gasteiger partial charge in [-0.05, 0) is 98.0 Å². The van der Waals surface area contributed by atoms with Gasteiger partial charge >= 0.3 is 0 Å². The minimum absolute atomic E-state index is 0.148. The monoisotopic (exact) mass is 499 g/mol. The lowest BCUT2D eigenvalue weighted by molar-refractivity contribution is 0.0946. The number of benzene rings is 3. The molecule has 2 amide bonds. The van der Waals surface area contributed by atoms with Crippen molar-refractivity contribution in [3.8, 4) is 23.0 Å². The molecule has 4 N–H and O–H groups in total. The quantitative estimate of drug-likeness (QED) is 0.300. The van der Waals surface area contributed by atoms with Gasteiger partial charge in [-0.15, -0.1) is 0 Å². The molecule has 37 heavy (non-hydrogen) atoms. The van der Waals surface area contributed by atoms with E-state index in [1.165, 1.54) is 24.3 Å². The Morgan fingerprint density at radius 1 is 0.649 bits per heavy atom. The molecule has 0 aliphatic heterocycles. The predicted molar refractivity (Wildman–Crippen MR) is 138 cm³/mol. The highest BCUT2D eigenvalue weighted by Crippen LogP contribution is 2.31. The lowest BCUT2D eigenvalue weighted by Crippen LogP contribution is -2.30. The zero-order chi connectivity index (χ0) is 26.0. The van der Waals surface area contributed by atoms with Crippen molar-refractivity contribution in [1.29, 1.82) is 0 Å². The van der Waals surface area contributed by atoms with Gasteiger partial charge in [0, 0.05) is 17.0 Å². The van der Waals surface area contributed by atoms with Crippen molar-refractivity contribution >= 4 is 11.8 Å². The number of amides is 2. The maximum Gasteiger partial charge on any atom is 0.251 e. The molecule has 0 saturated heterocycles. The van der Waals surface area contributed by atoms with Crippen LogP contribution < -0.4 is 20.1 Å². The van der Waals surface area contributed by atoms with Gasteiger partial charge in [-0.3, -0.25) is 9.59 Å². The number of carbonyl (C=O) groups excluding carboxylic acids is 2. The predicted octanol–water partition coefficient (Wildman–Crippen LogP) is 3.47. The van der Waals surface area contributed by atoms with E-state index in [9.17, 15) is 19.8 Å². The summed E-state index contributed by atoms with van der Waals surface area (Å²) in [6.45, 7) is 1.01. The fourth-order valence-electron chi connectivity index (χ4n) is 3.58. The van der Waals surface area contributed by atoms with Crippen LogP contribution in [0.5, 0.6) is 23.0 Å². The number of phenolic OH excluding ortho intramolecular Hbond substituents is 2. The van der Waals surface area contributed by atoms with Crippen LogP contribution in [0.1, 0.15) is 26.3 Å². The number of hydrogen-bond donors (Lipinski definition) is 4. The average molecular weight is 500 g/mol. The van der Waals surface area contributed by atoms with Gasteiger partial charge in [0.2, 0.25) is 0 Å². The van der Waals surface area contributed by atoms with E-state index in [2.05, 4.69) is 10.6 Å². The van der Waals surface area contributed by atoms with Crippen LogP contribution in [-0.2, 0) is 0 Å². The molecule has 5 radical (unpaired) electrons. The summed E-state index contributed by atoms with van der Waals surface area (Å²) in [5.41, 5.74) is 1.46. The van der Waals surface area contributed by atoms with Gasteiger partial charge in [-0.25, -0.2) is 0 Å². The molecule has 0 unspecified atom stereocenters. The van der Waals surface area contributed by atoms with E-state index in [1.54, 1.807) is 42.5 Å². The van der Waals surface area contributed by atoms with Gasteiger partial charge in [0.25, 0.3) is 11.8 Å². The first-order valence-electron chi connectivity index (χ1n) is 11.8. The van der Waals surface area contributed by atoms with Crippen LogP contribution in [0, 0.1) is 31.6 Å². The summed E-state index contributed by atoms with van der Waals surface area (Å²) in [5, 5.41) is 24.3. The van der Waals surface area contributed by atoms with Gasteiger partial charge in [-0.2, -0.15) is 0 Å². The lowest BCUT2D eigenvalue weighted by Gasteiger charge is -2.14. The standard InChI is InChI=1S/C29H27N2O6/c32-24-5-9-26(10-6-24)36-15-13-30-28(34)22-17-21(20-3-1-2-4-20)18-23(19-22)29(35)31-14-16-37-27-11-7-25(33)8-12-27/h1-12,17-19,32-33H,13-16H2,(H,30,34)(H,31,35). The summed E-state index contributed by atoms with van der Waals surface area (Å²) < 4.78 is 11.1. The van der Waals surface area contributed by atoms with E-state index >= 15 is 0 Å². The van der Waals surface area contributed by atoms with Crippen molar-refractivity contribution < 1.29 is 29.3 Å². The van der Waals surface area contributed by atoms with Crippen LogP contribution in [0.15, 0.2) is 66.7 Å². The second-order valence-corrected chi connectivity index (χ2v) is 8.17.